The average molecular weight is 501 g/mol. The van der Waals surface area contributed by atoms with Crippen molar-refractivity contribution in [1.29, 1.82) is 0 Å². The summed E-state index contributed by atoms with van der Waals surface area (Å²) in [6.07, 6.45) is 2.19. The number of benzene rings is 2. The van der Waals surface area contributed by atoms with Crippen LogP contribution in [0.1, 0.15) is 51.4 Å². The fourth-order valence-electron chi connectivity index (χ4n) is 4.37. The standard InChI is InChI=1S/C29H32N4O4/c1-4-8-19(3)28(34)32-25-17-16-23-27(31-25)33(26(30-23)9-5-2)18-20-12-14-21(15-13-20)22-10-6-7-11-24(22)37-29(35)36/h6-7,10-17,19H,4-5,8-9,18H2,1-3H3,(H,35,36)(H,31,32,34). The largest absolute Gasteiger partial charge is 0.511 e. The second kappa shape index (κ2) is 11.7. The van der Waals surface area contributed by atoms with Gasteiger partial charge in [0.15, 0.2) is 5.65 Å². The van der Waals surface area contributed by atoms with Crippen molar-refractivity contribution in [2.24, 2.45) is 5.92 Å². The number of para-hydroxylation sites is 1. The lowest BCUT2D eigenvalue weighted by Gasteiger charge is -2.12. The average Bonchev–Trinajstić information content (AvgIpc) is 3.21. The lowest BCUT2D eigenvalue weighted by Crippen LogP contribution is -2.20. The molecule has 8 nitrogen and oxygen atoms in total. The van der Waals surface area contributed by atoms with E-state index in [0.717, 1.165) is 53.8 Å². The van der Waals surface area contributed by atoms with Crippen LogP contribution in [-0.4, -0.2) is 31.7 Å². The number of pyridine rings is 1. The lowest BCUT2D eigenvalue weighted by molar-refractivity contribution is -0.119. The maximum Gasteiger partial charge on any atom is 0.511 e. The molecule has 0 fully saturated rings. The molecule has 1 atom stereocenters. The van der Waals surface area contributed by atoms with Gasteiger partial charge in [0.05, 0.1) is 6.54 Å². The van der Waals surface area contributed by atoms with Gasteiger partial charge in [-0.3, -0.25) is 4.79 Å². The number of carbonyl (C=O) groups excluding carboxylic acids is 1. The Balaban J connectivity index is 1.62. The molecule has 1 amide bonds. The van der Waals surface area contributed by atoms with Crippen LogP contribution in [-0.2, 0) is 17.8 Å². The third kappa shape index (κ3) is 6.14. The zero-order chi connectivity index (χ0) is 26.4. The molecule has 0 radical (unpaired) electrons. The van der Waals surface area contributed by atoms with Crippen LogP contribution in [0.25, 0.3) is 22.3 Å². The minimum absolute atomic E-state index is 0.0312. The summed E-state index contributed by atoms with van der Waals surface area (Å²) in [7, 11) is 0. The minimum atomic E-state index is -1.35. The van der Waals surface area contributed by atoms with E-state index in [1.165, 1.54) is 0 Å². The molecule has 0 aliphatic heterocycles. The van der Waals surface area contributed by atoms with E-state index in [4.69, 9.17) is 19.8 Å². The minimum Gasteiger partial charge on any atom is -0.449 e. The molecule has 4 aromatic rings. The van der Waals surface area contributed by atoms with Crippen molar-refractivity contribution < 1.29 is 19.4 Å². The van der Waals surface area contributed by atoms with E-state index in [0.29, 0.717) is 23.7 Å². The molecule has 0 aliphatic rings. The van der Waals surface area contributed by atoms with E-state index in [1.54, 1.807) is 18.2 Å². The van der Waals surface area contributed by atoms with Gasteiger partial charge in [0.25, 0.3) is 0 Å². The van der Waals surface area contributed by atoms with Gasteiger partial charge in [-0.25, -0.2) is 14.8 Å². The summed E-state index contributed by atoms with van der Waals surface area (Å²) in [6, 6.07) is 18.7. The van der Waals surface area contributed by atoms with Crippen LogP contribution < -0.4 is 10.1 Å². The van der Waals surface area contributed by atoms with E-state index in [1.807, 2.05) is 49.4 Å². The first-order valence-corrected chi connectivity index (χ1v) is 12.7. The maximum atomic E-state index is 12.5. The summed E-state index contributed by atoms with van der Waals surface area (Å²) in [4.78, 5) is 33.2. The molecule has 8 heteroatoms. The molecule has 0 saturated heterocycles. The van der Waals surface area contributed by atoms with Crippen molar-refractivity contribution in [1.82, 2.24) is 14.5 Å². The Labute approximate surface area is 216 Å². The molecule has 2 N–H and O–H groups in total. The van der Waals surface area contributed by atoms with E-state index >= 15 is 0 Å². The Bertz CT molecular complexity index is 1400. The van der Waals surface area contributed by atoms with Crippen molar-refractivity contribution in [3.63, 3.8) is 0 Å². The number of imidazole rings is 1. The van der Waals surface area contributed by atoms with Gasteiger partial charge in [0, 0.05) is 17.9 Å². The van der Waals surface area contributed by atoms with Crippen LogP contribution in [0, 0.1) is 5.92 Å². The lowest BCUT2D eigenvalue weighted by atomic mass is 10.0. The molecule has 1 unspecified atom stereocenters. The number of nitrogens with one attached hydrogen (secondary N) is 1. The quantitative estimate of drug-likeness (QED) is 0.189. The van der Waals surface area contributed by atoms with Gasteiger partial charge in [0.1, 0.15) is 22.9 Å². The Morgan fingerprint density at radius 3 is 2.46 bits per heavy atom. The van der Waals surface area contributed by atoms with Crippen molar-refractivity contribution in [3.8, 4) is 16.9 Å². The Morgan fingerprint density at radius 2 is 1.76 bits per heavy atom. The Hall–Kier alpha value is -4.20. The smallest absolute Gasteiger partial charge is 0.449 e. The second-order valence-corrected chi connectivity index (χ2v) is 9.14. The molecular formula is C29H32N4O4. The fraction of sp³-hybridized carbons (Fsp3) is 0.310. The molecule has 37 heavy (non-hydrogen) atoms. The molecule has 2 aromatic heterocycles. The van der Waals surface area contributed by atoms with Crippen LogP contribution in [0.4, 0.5) is 10.6 Å². The SMILES string of the molecule is CCCc1nc2ccc(NC(=O)C(C)CCC)nc2n1Cc1ccc(-c2ccccc2OC(=O)O)cc1. The molecule has 192 valence electrons. The van der Waals surface area contributed by atoms with Crippen molar-refractivity contribution in [2.75, 3.05) is 5.32 Å². The molecule has 0 saturated carbocycles. The first-order chi connectivity index (χ1) is 17.9. The number of amides is 1. The number of anilines is 1. The second-order valence-electron chi connectivity index (χ2n) is 9.14. The number of carbonyl (C=O) groups is 2. The number of ether oxygens (including phenoxy) is 1. The molecule has 0 spiro atoms. The molecular weight excluding hydrogens is 468 g/mol. The summed E-state index contributed by atoms with van der Waals surface area (Å²) < 4.78 is 7.04. The summed E-state index contributed by atoms with van der Waals surface area (Å²) >= 11 is 0. The van der Waals surface area contributed by atoms with Gasteiger partial charge in [-0.2, -0.15) is 0 Å². The van der Waals surface area contributed by atoms with Gasteiger partial charge in [-0.15, -0.1) is 0 Å². The summed E-state index contributed by atoms with van der Waals surface area (Å²) in [6.45, 7) is 6.67. The number of fused-ring (bicyclic) bond motifs is 1. The number of carboxylic acid groups (broad SMARTS) is 1. The van der Waals surface area contributed by atoms with E-state index in [9.17, 15) is 9.59 Å². The summed E-state index contributed by atoms with van der Waals surface area (Å²) in [5, 5.41) is 12.0. The Kier molecular flexibility index (Phi) is 8.18. The van der Waals surface area contributed by atoms with Crippen LogP contribution in [0.5, 0.6) is 5.75 Å². The van der Waals surface area contributed by atoms with Crippen molar-refractivity contribution >= 4 is 29.0 Å². The highest BCUT2D eigenvalue weighted by Gasteiger charge is 2.16. The number of hydrogen-bond donors (Lipinski definition) is 2. The third-order valence-electron chi connectivity index (χ3n) is 6.26. The zero-order valence-electron chi connectivity index (χ0n) is 21.4. The van der Waals surface area contributed by atoms with Gasteiger partial charge in [-0.05, 0) is 42.2 Å². The van der Waals surface area contributed by atoms with E-state index in [-0.39, 0.29) is 11.8 Å². The van der Waals surface area contributed by atoms with Gasteiger partial charge >= 0.3 is 6.16 Å². The number of hydrogen-bond acceptors (Lipinski definition) is 5. The topological polar surface area (TPSA) is 106 Å². The normalized spacial score (nSPS) is 11.9. The molecule has 2 aromatic carbocycles. The van der Waals surface area contributed by atoms with Gasteiger partial charge in [0.2, 0.25) is 5.91 Å². The zero-order valence-corrected chi connectivity index (χ0v) is 21.4. The number of aryl methyl sites for hydroxylation is 1. The van der Waals surface area contributed by atoms with E-state index in [2.05, 4.69) is 23.7 Å². The van der Waals surface area contributed by atoms with Crippen molar-refractivity contribution in [3.05, 3.63) is 72.1 Å². The molecule has 0 aliphatic carbocycles. The number of aromatic nitrogens is 3. The third-order valence-corrected chi connectivity index (χ3v) is 6.26. The van der Waals surface area contributed by atoms with Crippen LogP contribution >= 0.6 is 0 Å². The first-order valence-electron chi connectivity index (χ1n) is 12.7. The van der Waals surface area contributed by atoms with Crippen LogP contribution in [0.15, 0.2) is 60.7 Å². The number of rotatable bonds is 10. The maximum absolute atomic E-state index is 12.5. The summed E-state index contributed by atoms with van der Waals surface area (Å²) in [5.74, 6) is 1.65. The molecule has 4 rings (SSSR count). The van der Waals surface area contributed by atoms with Crippen LogP contribution in [0.2, 0.25) is 0 Å². The predicted molar refractivity (Wildman–Crippen MR) is 144 cm³/mol. The van der Waals surface area contributed by atoms with Gasteiger partial charge in [-0.1, -0.05) is 69.7 Å². The van der Waals surface area contributed by atoms with Gasteiger partial charge < -0.3 is 19.7 Å². The Morgan fingerprint density at radius 1 is 1.00 bits per heavy atom. The highest BCUT2D eigenvalue weighted by atomic mass is 16.7. The van der Waals surface area contributed by atoms with E-state index < -0.39 is 6.16 Å². The highest BCUT2D eigenvalue weighted by Crippen LogP contribution is 2.30. The monoisotopic (exact) mass is 500 g/mol. The van der Waals surface area contributed by atoms with Crippen LogP contribution in [0.3, 0.4) is 0 Å². The fourth-order valence-corrected chi connectivity index (χ4v) is 4.37. The highest BCUT2D eigenvalue weighted by molar-refractivity contribution is 5.92. The van der Waals surface area contributed by atoms with Crippen molar-refractivity contribution in [2.45, 2.75) is 53.0 Å². The number of nitrogens with zero attached hydrogens (tertiary/aromatic N) is 3. The first kappa shape index (κ1) is 25.9. The molecule has 0 bridgehead atoms. The predicted octanol–water partition coefficient (Wildman–Crippen LogP) is 6.53. The summed E-state index contributed by atoms with van der Waals surface area (Å²) in [5.41, 5.74) is 4.13. The molecule has 2 heterocycles.